The van der Waals surface area contributed by atoms with Crippen molar-refractivity contribution in [2.24, 2.45) is 5.73 Å². The number of rotatable bonds is 4. The van der Waals surface area contributed by atoms with Crippen molar-refractivity contribution < 1.29 is 14.3 Å². The molecule has 1 aromatic heterocycles. The number of hydrogen-bond acceptors (Lipinski definition) is 7. The van der Waals surface area contributed by atoms with Crippen molar-refractivity contribution in [3.05, 3.63) is 64.4 Å². The van der Waals surface area contributed by atoms with Crippen molar-refractivity contribution in [3.8, 4) is 16.5 Å². The summed E-state index contributed by atoms with van der Waals surface area (Å²) in [6.45, 7) is 5.53. The average molecular weight is 381 g/mol. The molecule has 1 aliphatic heterocycles. The molecule has 0 spiro atoms. The molecule has 0 saturated carbocycles. The smallest absolute Gasteiger partial charge is 0.338 e. The fourth-order valence-electron chi connectivity index (χ4n) is 3.13. The molecule has 7 heteroatoms. The van der Waals surface area contributed by atoms with Gasteiger partial charge in [-0.15, -0.1) is 0 Å². The zero-order valence-corrected chi connectivity index (χ0v) is 16.1. The van der Waals surface area contributed by atoms with Crippen LogP contribution in [0.25, 0.3) is 10.4 Å². The summed E-state index contributed by atoms with van der Waals surface area (Å²) >= 11 is 1.37. The zero-order valence-electron chi connectivity index (χ0n) is 15.3. The van der Waals surface area contributed by atoms with Crippen LogP contribution in [0, 0.1) is 18.3 Å². The number of nitriles is 1. The first-order valence-corrected chi connectivity index (χ1v) is 9.23. The molecule has 6 nitrogen and oxygen atoms in total. The molecule has 1 aliphatic rings. The van der Waals surface area contributed by atoms with Gasteiger partial charge in [0.25, 0.3) is 0 Å². The maximum atomic E-state index is 12.7. The molecule has 3 rings (SSSR count). The fraction of sp³-hybridized carbons (Fsp3) is 0.250. The monoisotopic (exact) mass is 381 g/mol. The molecule has 138 valence electrons. The van der Waals surface area contributed by atoms with Gasteiger partial charge in [-0.05, 0) is 49.5 Å². The molecular formula is C20H19N3O3S. The molecule has 0 aliphatic carbocycles. The van der Waals surface area contributed by atoms with Gasteiger partial charge in [0.15, 0.2) is 0 Å². The SMILES string of the molecule is CCOC(=O)C1=C(C)OC(N)=C(C#N)C1c1ccccc1-c1cc(C)ns1. The lowest BCUT2D eigenvalue weighted by Gasteiger charge is -2.28. The first-order valence-electron chi connectivity index (χ1n) is 8.46. The lowest BCUT2D eigenvalue weighted by atomic mass is 9.80. The molecular weight excluding hydrogens is 362 g/mol. The van der Waals surface area contributed by atoms with Crippen molar-refractivity contribution in [2.45, 2.75) is 26.7 Å². The van der Waals surface area contributed by atoms with Crippen molar-refractivity contribution >= 4 is 17.5 Å². The van der Waals surface area contributed by atoms with Gasteiger partial charge in [0, 0.05) is 0 Å². The van der Waals surface area contributed by atoms with Gasteiger partial charge in [-0.2, -0.15) is 9.64 Å². The van der Waals surface area contributed by atoms with E-state index in [1.54, 1.807) is 13.8 Å². The minimum Gasteiger partial charge on any atom is -0.463 e. The lowest BCUT2D eigenvalue weighted by molar-refractivity contribution is -0.139. The number of benzene rings is 1. The van der Waals surface area contributed by atoms with Gasteiger partial charge < -0.3 is 15.2 Å². The molecule has 1 atom stereocenters. The highest BCUT2D eigenvalue weighted by molar-refractivity contribution is 7.09. The second kappa shape index (κ2) is 7.64. The normalized spacial score (nSPS) is 16.7. The predicted octanol–water partition coefficient (Wildman–Crippen LogP) is 3.76. The highest BCUT2D eigenvalue weighted by atomic mass is 32.1. The van der Waals surface area contributed by atoms with Crippen molar-refractivity contribution in [3.63, 3.8) is 0 Å². The van der Waals surface area contributed by atoms with Crippen molar-refractivity contribution in [2.75, 3.05) is 6.61 Å². The van der Waals surface area contributed by atoms with E-state index in [-0.39, 0.29) is 23.6 Å². The van der Waals surface area contributed by atoms with E-state index in [1.165, 1.54) is 11.5 Å². The van der Waals surface area contributed by atoms with Crippen LogP contribution in [0.1, 0.15) is 31.0 Å². The van der Waals surface area contributed by atoms with Crippen molar-refractivity contribution in [1.29, 1.82) is 5.26 Å². The van der Waals surface area contributed by atoms with Gasteiger partial charge in [-0.25, -0.2) is 4.79 Å². The van der Waals surface area contributed by atoms with E-state index < -0.39 is 11.9 Å². The number of hydrogen-bond donors (Lipinski definition) is 1. The summed E-state index contributed by atoms with van der Waals surface area (Å²) < 4.78 is 15.0. The highest BCUT2D eigenvalue weighted by Gasteiger charge is 2.37. The van der Waals surface area contributed by atoms with Crippen molar-refractivity contribution in [1.82, 2.24) is 4.37 Å². The Labute approximate surface area is 161 Å². The van der Waals surface area contributed by atoms with E-state index in [4.69, 9.17) is 15.2 Å². The van der Waals surface area contributed by atoms with Gasteiger partial charge in [-0.1, -0.05) is 24.3 Å². The summed E-state index contributed by atoms with van der Waals surface area (Å²) in [7, 11) is 0. The van der Waals surface area contributed by atoms with Gasteiger partial charge in [0.2, 0.25) is 5.88 Å². The number of nitrogens with zero attached hydrogens (tertiary/aromatic N) is 2. The van der Waals surface area contributed by atoms with E-state index in [0.717, 1.165) is 21.7 Å². The molecule has 0 bridgehead atoms. The number of carbonyl (C=O) groups is 1. The third kappa shape index (κ3) is 3.44. The number of aromatic nitrogens is 1. The number of ether oxygens (including phenoxy) is 2. The van der Waals surface area contributed by atoms with Crippen LogP contribution in [0.2, 0.25) is 0 Å². The maximum absolute atomic E-state index is 12.7. The molecule has 2 aromatic rings. The molecule has 1 unspecified atom stereocenters. The second-order valence-corrected chi connectivity index (χ2v) is 6.84. The summed E-state index contributed by atoms with van der Waals surface area (Å²) in [4.78, 5) is 13.6. The number of carbonyl (C=O) groups excluding carboxylic acids is 1. The quantitative estimate of drug-likeness (QED) is 0.810. The Morgan fingerprint density at radius 1 is 1.41 bits per heavy atom. The Bertz CT molecular complexity index is 998. The van der Waals surface area contributed by atoms with Crippen LogP contribution in [-0.4, -0.2) is 16.9 Å². The standard InChI is InChI=1S/C20H19N3O3S/c1-4-25-20(24)17-12(3)26-19(22)15(10-21)18(17)14-8-6-5-7-13(14)16-9-11(2)23-27-16/h5-9,18H,4,22H2,1-3H3. The van der Waals surface area contributed by atoms with Crippen LogP contribution < -0.4 is 5.73 Å². The number of allylic oxidation sites excluding steroid dienone is 2. The third-order valence-electron chi connectivity index (χ3n) is 4.27. The molecule has 0 saturated heterocycles. The van der Waals surface area contributed by atoms with E-state index in [9.17, 15) is 10.1 Å². The van der Waals surface area contributed by atoms with E-state index >= 15 is 0 Å². The Hall–Kier alpha value is -3.11. The van der Waals surface area contributed by atoms with E-state index in [1.807, 2.05) is 37.3 Å². The van der Waals surface area contributed by atoms with Crippen LogP contribution in [0.5, 0.6) is 0 Å². The van der Waals surface area contributed by atoms with Crippen LogP contribution in [-0.2, 0) is 14.3 Å². The zero-order chi connectivity index (χ0) is 19.6. The largest absolute Gasteiger partial charge is 0.463 e. The molecule has 1 aromatic carbocycles. The molecule has 2 N–H and O–H groups in total. The van der Waals surface area contributed by atoms with E-state index in [2.05, 4.69) is 10.4 Å². The number of aryl methyl sites for hydroxylation is 1. The van der Waals surface area contributed by atoms with Crippen LogP contribution in [0.4, 0.5) is 0 Å². The number of nitrogens with two attached hydrogens (primary N) is 1. The van der Waals surface area contributed by atoms with Gasteiger partial charge >= 0.3 is 5.97 Å². The van der Waals surface area contributed by atoms with Crippen LogP contribution >= 0.6 is 11.5 Å². The fourth-order valence-corrected chi connectivity index (χ4v) is 3.93. The van der Waals surface area contributed by atoms with Crippen LogP contribution in [0.3, 0.4) is 0 Å². The summed E-state index contributed by atoms with van der Waals surface area (Å²) in [5, 5.41) is 9.72. The molecule has 0 radical (unpaired) electrons. The molecule has 0 fully saturated rings. The Balaban J connectivity index is 2.24. The first kappa shape index (κ1) is 18.7. The Morgan fingerprint density at radius 3 is 2.78 bits per heavy atom. The topological polar surface area (TPSA) is 98.2 Å². The summed E-state index contributed by atoms with van der Waals surface area (Å²) in [5.74, 6) is -0.842. The summed E-state index contributed by atoms with van der Waals surface area (Å²) in [5.41, 5.74) is 9.04. The Morgan fingerprint density at radius 2 is 2.15 bits per heavy atom. The van der Waals surface area contributed by atoms with Crippen LogP contribution in [0.15, 0.2) is 53.1 Å². The lowest BCUT2D eigenvalue weighted by Crippen LogP contribution is -2.25. The average Bonchev–Trinajstić information content (AvgIpc) is 3.07. The predicted molar refractivity (Wildman–Crippen MR) is 102 cm³/mol. The highest BCUT2D eigenvalue weighted by Crippen LogP contribution is 2.43. The molecule has 0 amide bonds. The minimum atomic E-state index is -0.665. The molecule has 2 heterocycles. The van der Waals surface area contributed by atoms with Gasteiger partial charge in [0.05, 0.1) is 28.7 Å². The minimum absolute atomic E-state index is 0.00309. The summed E-state index contributed by atoms with van der Waals surface area (Å²) in [6, 6.07) is 11.7. The van der Waals surface area contributed by atoms with E-state index in [0.29, 0.717) is 5.76 Å². The van der Waals surface area contributed by atoms with Gasteiger partial charge in [0.1, 0.15) is 17.4 Å². The van der Waals surface area contributed by atoms with Gasteiger partial charge in [-0.3, -0.25) is 0 Å². The number of esters is 1. The summed E-state index contributed by atoms with van der Waals surface area (Å²) in [6.07, 6.45) is 0. The second-order valence-electron chi connectivity index (χ2n) is 6.03. The third-order valence-corrected chi connectivity index (χ3v) is 5.18. The first-order chi connectivity index (χ1) is 13.0. The maximum Gasteiger partial charge on any atom is 0.338 e. The molecule has 27 heavy (non-hydrogen) atoms. The Kier molecular flexibility index (Phi) is 5.28.